The van der Waals surface area contributed by atoms with Gasteiger partial charge < -0.3 is 4.74 Å². The summed E-state index contributed by atoms with van der Waals surface area (Å²) in [6.07, 6.45) is 4.85. The minimum absolute atomic E-state index is 0.523. The Morgan fingerprint density at radius 1 is 1.22 bits per heavy atom. The molecule has 0 aliphatic heterocycles. The van der Waals surface area contributed by atoms with Crippen LogP contribution in [-0.4, -0.2) is 18.2 Å². The van der Waals surface area contributed by atoms with E-state index in [1.165, 1.54) is 0 Å². The van der Waals surface area contributed by atoms with Gasteiger partial charge in [-0.15, -0.1) is 0 Å². The first-order valence-corrected chi connectivity index (χ1v) is 5.43. The predicted octanol–water partition coefficient (Wildman–Crippen LogP) is 3.03. The van der Waals surface area contributed by atoms with Crippen LogP contribution >= 0.6 is 0 Å². The number of aromatic nitrogens is 1. The van der Waals surface area contributed by atoms with Gasteiger partial charge in [-0.1, -0.05) is 12.1 Å². The van der Waals surface area contributed by atoms with E-state index in [0.717, 1.165) is 22.4 Å². The standard InChI is InChI=1S/C14H12N2O2/c1-10-7-15-8-13(16-9-17)14(10)11-3-5-12(18-2)6-4-11/h3-8H,1-2H3. The average Bonchev–Trinajstić information content (AvgIpc) is 2.40. The van der Waals surface area contributed by atoms with Gasteiger partial charge in [0, 0.05) is 11.8 Å². The number of ether oxygens (including phenoxy) is 1. The molecule has 0 saturated carbocycles. The van der Waals surface area contributed by atoms with Crippen LogP contribution in [-0.2, 0) is 4.79 Å². The van der Waals surface area contributed by atoms with E-state index in [1.807, 2.05) is 31.2 Å². The first-order chi connectivity index (χ1) is 8.76. The Bertz CT molecular complexity index is 600. The van der Waals surface area contributed by atoms with Crippen LogP contribution in [0.4, 0.5) is 5.69 Å². The molecule has 0 atom stereocenters. The van der Waals surface area contributed by atoms with Gasteiger partial charge in [0.25, 0.3) is 0 Å². The van der Waals surface area contributed by atoms with Crippen molar-refractivity contribution in [2.45, 2.75) is 6.92 Å². The molecule has 4 heteroatoms. The molecular weight excluding hydrogens is 228 g/mol. The molecule has 0 fully saturated rings. The van der Waals surface area contributed by atoms with E-state index in [4.69, 9.17) is 4.74 Å². The van der Waals surface area contributed by atoms with E-state index < -0.39 is 0 Å². The average molecular weight is 240 g/mol. The maximum atomic E-state index is 10.4. The summed E-state index contributed by atoms with van der Waals surface area (Å²) in [6.45, 7) is 1.93. The molecule has 90 valence electrons. The molecule has 0 saturated heterocycles. The van der Waals surface area contributed by atoms with Crippen LogP contribution < -0.4 is 4.74 Å². The maximum Gasteiger partial charge on any atom is 0.240 e. The van der Waals surface area contributed by atoms with Gasteiger partial charge in [0.15, 0.2) is 0 Å². The largest absolute Gasteiger partial charge is 0.497 e. The molecule has 1 heterocycles. The Kier molecular flexibility index (Phi) is 3.51. The molecule has 2 rings (SSSR count). The van der Waals surface area contributed by atoms with E-state index in [9.17, 15) is 4.79 Å². The van der Waals surface area contributed by atoms with E-state index in [2.05, 4.69) is 9.98 Å². The van der Waals surface area contributed by atoms with Gasteiger partial charge in [-0.3, -0.25) is 4.98 Å². The molecular formula is C14H12N2O2. The molecule has 0 amide bonds. The Morgan fingerprint density at radius 3 is 2.56 bits per heavy atom. The third-order valence-corrected chi connectivity index (χ3v) is 2.66. The smallest absolute Gasteiger partial charge is 0.240 e. The number of hydrogen-bond donors (Lipinski definition) is 0. The Labute approximate surface area is 105 Å². The highest BCUT2D eigenvalue weighted by Gasteiger charge is 2.08. The third-order valence-electron chi connectivity index (χ3n) is 2.66. The lowest BCUT2D eigenvalue weighted by atomic mass is 10.0. The number of isocyanates is 1. The summed E-state index contributed by atoms with van der Waals surface area (Å²) in [7, 11) is 1.62. The second-order valence-electron chi connectivity index (χ2n) is 3.78. The quantitative estimate of drug-likeness (QED) is 0.612. The Morgan fingerprint density at radius 2 is 1.94 bits per heavy atom. The molecule has 1 aromatic carbocycles. The van der Waals surface area contributed by atoms with Crippen molar-refractivity contribution >= 4 is 11.8 Å². The van der Waals surface area contributed by atoms with Crippen LogP contribution in [0.5, 0.6) is 5.75 Å². The van der Waals surface area contributed by atoms with Crippen molar-refractivity contribution in [2.24, 2.45) is 4.99 Å². The number of benzene rings is 1. The van der Waals surface area contributed by atoms with Gasteiger partial charge >= 0.3 is 0 Å². The highest BCUT2D eigenvalue weighted by molar-refractivity contribution is 5.79. The van der Waals surface area contributed by atoms with Crippen molar-refractivity contribution < 1.29 is 9.53 Å². The number of nitrogens with zero attached hydrogens (tertiary/aromatic N) is 2. The summed E-state index contributed by atoms with van der Waals surface area (Å²) in [5, 5.41) is 0. The molecule has 2 aromatic rings. The second-order valence-corrected chi connectivity index (χ2v) is 3.78. The number of aryl methyl sites for hydroxylation is 1. The maximum absolute atomic E-state index is 10.4. The molecule has 0 bridgehead atoms. The van der Waals surface area contributed by atoms with E-state index in [0.29, 0.717) is 5.69 Å². The molecule has 0 aliphatic carbocycles. The monoisotopic (exact) mass is 240 g/mol. The van der Waals surface area contributed by atoms with Crippen LogP contribution in [0.1, 0.15) is 5.56 Å². The topological polar surface area (TPSA) is 51.6 Å². The fourth-order valence-electron chi connectivity index (χ4n) is 1.82. The van der Waals surface area contributed by atoms with Gasteiger partial charge in [0.05, 0.1) is 13.3 Å². The zero-order chi connectivity index (χ0) is 13.0. The number of carbonyl (C=O) groups excluding carboxylic acids is 1. The first kappa shape index (κ1) is 12.0. The summed E-state index contributed by atoms with van der Waals surface area (Å²) in [4.78, 5) is 18.1. The molecule has 0 aliphatic rings. The first-order valence-electron chi connectivity index (χ1n) is 5.43. The lowest BCUT2D eigenvalue weighted by Gasteiger charge is -2.08. The molecule has 4 nitrogen and oxygen atoms in total. The van der Waals surface area contributed by atoms with Crippen molar-refractivity contribution in [1.82, 2.24) is 4.98 Å². The normalized spacial score (nSPS) is 9.67. The van der Waals surface area contributed by atoms with Gasteiger partial charge in [0.1, 0.15) is 11.4 Å². The fraction of sp³-hybridized carbons (Fsp3) is 0.143. The number of aliphatic imine (C=N–C) groups is 1. The van der Waals surface area contributed by atoms with Crippen LogP contribution in [0, 0.1) is 6.92 Å². The zero-order valence-electron chi connectivity index (χ0n) is 10.2. The minimum atomic E-state index is 0.523. The van der Waals surface area contributed by atoms with Crippen molar-refractivity contribution in [3.8, 4) is 16.9 Å². The Balaban J connectivity index is 2.57. The van der Waals surface area contributed by atoms with Crippen molar-refractivity contribution in [2.75, 3.05) is 7.11 Å². The number of pyridine rings is 1. The van der Waals surface area contributed by atoms with Gasteiger partial charge in [0.2, 0.25) is 6.08 Å². The number of methoxy groups -OCH3 is 1. The molecule has 0 radical (unpaired) electrons. The highest BCUT2D eigenvalue weighted by atomic mass is 16.5. The summed E-state index contributed by atoms with van der Waals surface area (Å²) in [5.74, 6) is 0.783. The molecule has 1 aromatic heterocycles. The van der Waals surface area contributed by atoms with Crippen LogP contribution in [0.15, 0.2) is 41.7 Å². The van der Waals surface area contributed by atoms with E-state index >= 15 is 0 Å². The summed E-state index contributed by atoms with van der Waals surface area (Å²) < 4.78 is 5.11. The van der Waals surface area contributed by atoms with E-state index in [-0.39, 0.29) is 0 Å². The number of hydrogen-bond acceptors (Lipinski definition) is 4. The summed E-state index contributed by atoms with van der Waals surface area (Å²) in [6, 6.07) is 7.57. The lowest BCUT2D eigenvalue weighted by Crippen LogP contribution is -1.87. The zero-order valence-corrected chi connectivity index (χ0v) is 10.2. The molecule has 0 unspecified atom stereocenters. The highest BCUT2D eigenvalue weighted by Crippen LogP contribution is 2.33. The number of rotatable bonds is 3. The minimum Gasteiger partial charge on any atom is -0.497 e. The molecule has 0 spiro atoms. The SMILES string of the molecule is COc1ccc(-c2c(C)cncc2N=C=O)cc1. The lowest BCUT2D eigenvalue weighted by molar-refractivity contribution is 0.415. The predicted molar refractivity (Wildman–Crippen MR) is 68.7 cm³/mol. The van der Waals surface area contributed by atoms with Crippen molar-refractivity contribution in [1.29, 1.82) is 0 Å². The van der Waals surface area contributed by atoms with Gasteiger partial charge in [-0.05, 0) is 30.2 Å². The third kappa shape index (κ3) is 2.29. The van der Waals surface area contributed by atoms with Gasteiger partial charge in [-0.25, -0.2) is 4.79 Å². The van der Waals surface area contributed by atoms with Crippen LogP contribution in [0.2, 0.25) is 0 Å². The molecule has 0 N–H and O–H groups in total. The van der Waals surface area contributed by atoms with Crippen molar-refractivity contribution in [3.05, 3.63) is 42.2 Å². The van der Waals surface area contributed by atoms with E-state index in [1.54, 1.807) is 25.6 Å². The molecule has 18 heavy (non-hydrogen) atoms. The Hall–Kier alpha value is -2.45. The second kappa shape index (κ2) is 5.25. The summed E-state index contributed by atoms with van der Waals surface area (Å²) in [5.41, 5.74) is 3.33. The summed E-state index contributed by atoms with van der Waals surface area (Å²) >= 11 is 0. The van der Waals surface area contributed by atoms with Crippen molar-refractivity contribution in [3.63, 3.8) is 0 Å². The van der Waals surface area contributed by atoms with Crippen LogP contribution in [0.25, 0.3) is 11.1 Å². The fourth-order valence-corrected chi connectivity index (χ4v) is 1.82. The van der Waals surface area contributed by atoms with Gasteiger partial charge in [-0.2, -0.15) is 4.99 Å². The van der Waals surface area contributed by atoms with Crippen LogP contribution in [0.3, 0.4) is 0 Å².